The number of rotatable bonds is 8. The molecule has 1 heterocycles. The maximum absolute atomic E-state index is 13.0. The zero-order chi connectivity index (χ0) is 23.3. The molecule has 0 bridgehead atoms. The van der Waals surface area contributed by atoms with Gasteiger partial charge in [0.25, 0.3) is 5.69 Å². The van der Waals surface area contributed by atoms with Crippen LogP contribution in [0.4, 0.5) is 11.4 Å². The molecule has 0 radical (unpaired) electrons. The van der Waals surface area contributed by atoms with E-state index in [1.165, 1.54) is 23.5 Å². The van der Waals surface area contributed by atoms with Crippen LogP contribution in [-0.2, 0) is 21.4 Å². The highest BCUT2D eigenvalue weighted by molar-refractivity contribution is 7.89. The fraction of sp³-hybridized carbons (Fsp3) is 0.381. The molecule has 2 N–H and O–H groups in total. The molecule has 1 aliphatic rings. The number of carbonyl (C=O) groups is 1. The van der Waals surface area contributed by atoms with Gasteiger partial charge in [-0.15, -0.1) is 0 Å². The van der Waals surface area contributed by atoms with E-state index in [9.17, 15) is 23.3 Å². The lowest BCUT2D eigenvalue weighted by molar-refractivity contribution is -0.384. The second kappa shape index (κ2) is 9.96. The SMILES string of the molecule is CNc1ccc(S(=O)(=O)N2CCC(C(=O)NCc3cccc(OC)c3)CC2)cc1[N+](=O)[O-]. The monoisotopic (exact) mass is 462 g/mol. The van der Waals surface area contributed by atoms with Crippen molar-refractivity contribution in [1.82, 2.24) is 9.62 Å². The second-order valence-electron chi connectivity index (χ2n) is 7.43. The van der Waals surface area contributed by atoms with Crippen LogP contribution in [0.25, 0.3) is 0 Å². The van der Waals surface area contributed by atoms with Crippen LogP contribution in [-0.4, -0.2) is 50.8 Å². The molecule has 0 saturated carbocycles. The molecule has 1 aliphatic heterocycles. The van der Waals surface area contributed by atoms with Gasteiger partial charge in [0.15, 0.2) is 0 Å². The van der Waals surface area contributed by atoms with Gasteiger partial charge in [0.2, 0.25) is 15.9 Å². The Bertz CT molecular complexity index is 1100. The third-order valence-electron chi connectivity index (χ3n) is 5.50. The molecule has 0 atom stereocenters. The quantitative estimate of drug-likeness (QED) is 0.455. The summed E-state index contributed by atoms with van der Waals surface area (Å²) in [6.07, 6.45) is 0.750. The topological polar surface area (TPSA) is 131 Å². The number of benzene rings is 2. The first kappa shape index (κ1) is 23.5. The third-order valence-corrected chi connectivity index (χ3v) is 7.39. The first-order valence-corrected chi connectivity index (χ1v) is 11.6. The molecule has 2 aromatic carbocycles. The van der Waals surface area contributed by atoms with E-state index in [0.29, 0.717) is 25.1 Å². The average molecular weight is 463 g/mol. The van der Waals surface area contributed by atoms with E-state index < -0.39 is 14.9 Å². The van der Waals surface area contributed by atoms with Gasteiger partial charge in [0, 0.05) is 38.7 Å². The molecule has 10 nitrogen and oxygen atoms in total. The molecule has 0 aliphatic carbocycles. The van der Waals surface area contributed by atoms with E-state index >= 15 is 0 Å². The van der Waals surface area contributed by atoms with Crippen molar-refractivity contribution in [1.29, 1.82) is 0 Å². The van der Waals surface area contributed by atoms with E-state index in [-0.39, 0.29) is 41.2 Å². The van der Waals surface area contributed by atoms with E-state index in [2.05, 4.69) is 10.6 Å². The molecular formula is C21H26N4O6S. The summed E-state index contributed by atoms with van der Waals surface area (Å²) in [6.45, 7) is 0.693. The standard InChI is InChI=1S/C21H26N4O6S/c1-22-19-7-6-18(13-20(19)25(27)28)32(29,30)24-10-8-16(9-11-24)21(26)23-14-15-4-3-5-17(12-15)31-2/h3-7,12-13,16,22H,8-11,14H2,1-2H3,(H,23,26). The first-order valence-electron chi connectivity index (χ1n) is 10.1. The number of piperidine rings is 1. The Kier molecular flexibility index (Phi) is 7.31. The highest BCUT2D eigenvalue weighted by Gasteiger charge is 2.33. The minimum Gasteiger partial charge on any atom is -0.497 e. The number of ether oxygens (including phenoxy) is 1. The number of amides is 1. The molecule has 1 amide bonds. The smallest absolute Gasteiger partial charge is 0.293 e. The van der Waals surface area contributed by atoms with Gasteiger partial charge in [-0.25, -0.2) is 8.42 Å². The minimum atomic E-state index is -3.90. The Morgan fingerprint density at radius 2 is 1.94 bits per heavy atom. The summed E-state index contributed by atoms with van der Waals surface area (Å²) in [4.78, 5) is 23.1. The van der Waals surface area contributed by atoms with Gasteiger partial charge < -0.3 is 15.4 Å². The third kappa shape index (κ3) is 5.17. The van der Waals surface area contributed by atoms with Gasteiger partial charge >= 0.3 is 0 Å². The van der Waals surface area contributed by atoms with Crippen LogP contribution in [0.2, 0.25) is 0 Å². The summed E-state index contributed by atoms with van der Waals surface area (Å²) in [5.41, 5.74) is 0.838. The molecule has 0 unspecified atom stereocenters. The normalized spacial score (nSPS) is 15.2. The summed E-state index contributed by atoms with van der Waals surface area (Å²) in [7, 11) is -0.795. The first-order chi connectivity index (χ1) is 15.3. The Morgan fingerprint density at radius 1 is 1.22 bits per heavy atom. The van der Waals surface area contributed by atoms with E-state index in [0.717, 1.165) is 11.6 Å². The van der Waals surface area contributed by atoms with Crippen molar-refractivity contribution in [2.75, 3.05) is 32.6 Å². The summed E-state index contributed by atoms with van der Waals surface area (Å²) in [5.74, 6) is 0.283. The van der Waals surface area contributed by atoms with Gasteiger partial charge in [0.05, 0.1) is 16.9 Å². The second-order valence-corrected chi connectivity index (χ2v) is 9.37. The van der Waals surface area contributed by atoms with Gasteiger partial charge in [-0.2, -0.15) is 4.31 Å². The van der Waals surface area contributed by atoms with Crippen LogP contribution in [0.3, 0.4) is 0 Å². The molecule has 32 heavy (non-hydrogen) atoms. The Labute approximate surface area is 186 Å². The lowest BCUT2D eigenvalue weighted by Crippen LogP contribution is -2.42. The van der Waals surface area contributed by atoms with Crippen LogP contribution in [0.15, 0.2) is 47.4 Å². The number of sulfonamides is 1. The minimum absolute atomic E-state index is 0.126. The summed E-state index contributed by atoms with van der Waals surface area (Å²) >= 11 is 0. The fourth-order valence-corrected chi connectivity index (χ4v) is 5.15. The highest BCUT2D eigenvalue weighted by atomic mass is 32.2. The molecule has 2 aromatic rings. The van der Waals surface area contributed by atoms with Crippen LogP contribution in [0, 0.1) is 16.0 Å². The number of nitrogens with zero attached hydrogens (tertiary/aromatic N) is 2. The Balaban J connectivity index is 1.61. The van der Waals surface area contributed by atoms with Gasteiger partial charge in [-0.3, -0.25) is 14.9 Å². The lowest BCUT2D eigenvalue weighted by atomic mass is 9.97. The molecule has 1 saturated heterocycles. The zero-order valence-corrected chi connectivity index (χ0v) is 18.7. The molecule has 172 valence electrons. The predicted octanol–water partition coefficient (Wildman–Crippen LogP) is 2.36. The predicted molar refractivity (Wildman–Crippen MR) is 119 cm³/mol. The van der Waals surface area contributed by atoms with Crippen LogP contribution in [0.1, 0.15) is 18.4 Å². The van der Waals surface area contributed by atoms with Gasteiger partial charge in [-0.05, 0) is 42.7 Å². The zero-order valence-electron chi connectivity index (χ0n) is 17.9. The molecule has 11 heteroatoms. The fourth-order valence-electron chi connectivity index (χ4n) is 3.66. The van der Waals surface area contributed by atoms with Gasteiger partial charge in [0.1, 0.15) is 11.4 Å². The summed E-state index contributed by atoms with van der Waals surface area (Å²) in [6, 6.07) is 11.2. The van der Waals surface area contributed by atoms with Crippen molar-refractivity contribution in [2.45, 2.75) is 24.3 Å². The van der Waals surface area contributed by atoms with E-state index in [4.69, 9.17) is 4.74 Å². The van der Waals surface area contributed by atoms with Crippen molar-refractivity contribution in [2.24, 2.45) is 5.92 Å². The summed E-state index contributed by atoms with van der Waals surface area (Å²) in [5, 5.41) is 16.8. The van der Waals surface area contributed by atoms with E-state index in [1.54, 1.807) is 7.11 Å². The van der Waals surface area contributed by atoms with Crippen LogP contribution in [0.5, 0.6) is 5.75 Å². The number of methoxy groups -OCH3 is 1. The Hall–Kier alpha value is -3.18. The molecular weight excluding hydrogens is 436 g/mol. The van der Waals surface area contributed by atoms with Crippen molar-refractivity contribution >= 4 is 27.3 Å². The number of nitrogens with one attached hydrogen (secondary N) is 2. The Morgan fingerprint density at radius 3 is 2.56 bits per heavy atom. The maximum Gasteiger partial charge on any atom is 0.293 e. The van der Waals surface area contributed by atoms with Crippen LogP contribution >= 0.6 is 0 Å². The summed E-state index contributed by atoms with van der Waals surface area (Å²) < 4.78 is 32.4. The number of carbonyl (C=O) groups excluding carboxylic acids is 1. The van der Waals surface area contributed by atoms with Crippen molar-refractivity contribution in [3.63, 3.8) is 0 Å². The molecule has 3 rings (SSSR count). The molecule has 1 fully saturated rings. The molecule has 0 spiro atoms. The molecule has 0 aromatic heterocycles. The van der Waals surface area contributed by atoms with Gasteiger partial charge in [-0.1, -0.05) is 12.1 Å². The maximum atomic E-state index is 13.0. The number of anilines is 1. The number of hydrogen-bond acceptors (Lipinski definition) is 7. The van der Waals surface area contributed by atoms with E-state index in [1.807, 2.05) is 24.3 Å². The number of hydrogen-bond donors (Lipinski definition) is 2. The lowest BCUT2D eigenvalue weighted by Gasteiger charge is -2.30. The average Bonchev–Trinajstić information content (AvgIpc) is 2.82. The number of nitro groups is 1. The largest absolute Gasteiger partial charge is 0.497 e. The van der Waals surface area contributed by atoms with Crippen molar-refractivity contribution in [3.05, 3.63) is 58.1 Å². The number of nitro benzene ring substituents is 1. The highest BCUT2D eigenvalue weighted by Crippen LogP contribution is 2.30. The van der Waals surface area contributed by atoms with Crippen LogP contribution < -0.4 is 15.4 Å². The van der Waals surface area contributed by atoms with Crippen molar-refractivity contribution < 1.29 is 22.9 Å². The van der Waals surface area contributed by atoms with Crippen molar-refractivity contribution in [3.8, 4) is 5.75 Å².